The molecule has 8 heteroatoms. The second-order valence-electron chi connectivity index (χ2n) is 8.12. The third kappa shape index (κ3) is 2.99. The van der Waals surface area contributed by atoms with Crippen LogP contribution in [0.5, 0.6) is 0 Å². The van der Waals surface area contributed by atoms with Gasteiger partial charge >= 0.3 is 0 Å². The summed E-state index contributed by atoms with van der Waals surface area (Å²) in [5, 5.41) is 0. The van der Waals surface area contributed by atoms with Gasteiger partial charge in [-0.05, 0) is 23.8 Å². The molecule has 2 saturated heterocycles. The Bertz CT molecular complexity index is 1010. The molecule has 2 aromatic rings. The summed E-state index contributed by atoms with van der Waals surface area (Å²) in [4.78, 5) is 37.9. The van der Waals surface area contributed by atoms with Crippen molar-refractivity contribution in [1.29, 1.82) is 0 Å². The molecular weight excluding hydrogens is 387 g/mol. The first kappa shape index (κ1) is 18.9. The van der Waals surface area contributed by atoms with Crippen molar-refractivity contribution in [3.05, 3.63) is 72.1 Å². The summed E-state index contributed by atoms with van der Waals surface area (Å²) >= 11 is 0. The molecule has 4 heterocycles. The molecular formula is C22H21FN4O3. The van der Waals surface area contributed by atoms with Gasteiger partial charge in [0, 0.05) is 19.8 Å². The maximum Gasteiger partial charge on any atom is 0.230 e. The SMILES string of the molecule is CN(Cc1ccncn1)C(=O)C1C2C=CC3(CN(Cc4ccc(F)cc4)C(=O)C13)O2. The van der Waals surface area contributed by atoms with Crippen molar-refractivity contribution in [2.45, 2.75) is 24.8 Å². The summed E-state index contributed by atoms with van der Waals surface area (Å²) in [6, 6.07) is 7.85. The predicted molar refractivity (Wildman–Crippen MR) is 104 cm³/mol. The predicted octanol–water partition coefficient (Wildman–Crippen LogP) is 1.56. The maximum atomic E-state index is 13.3. The average Bonchev–Trinajstić information content (AvgIpc) is 3.38. The lowest BCUT2D eigenvalue weighted by Gasteiger charge is -2.27. The average molecular weight is 408 g/mol. The van der Waals surface area contributed by atoms with Gasteiger partial charge in [0.15, 0.2) is 0 Å². The number of halogens is 1. The number of rotatable bonds is 5. The fraction of sp³-hybridized carbons (Fsp3) is 0.364. The van der Waals surface area contributed by atoms with E-state index in [9.17, 15) is 14.0 Å². The van der Waals surface area contributed by atoms with Crippen molar-refractivity contribution in [2.75, 3.05) is 13.6 Å². The number of hydrogen-bond acceptors (Lipinski definition) is 5. The van der Waals surface area contributed by atoms with E-state index >= 15 is 0 Å². The van der Waals surface area contributed by atoms with Crippen LogP contribution in [0.25, 0.3) is 0 Å². The van der Waals surface area contributed by atoms with Crippen molar-refractivity contribution >= 4 is 11.8 Å². The van der Waals surface area contributed by atoms with Crippen molar-refractivity contribution in [3.63, 3.8) is 0 Å². The Hall–Kier alpha value is -3.13. The number of ether oxygens (including phenoxy) is 1. The van der Waals surface area contributed by atoms with E-state index in [1.165, 1.54) is 18.5 Å². The highest BCUT2D eigenvalue weighted by Crippen LogP contribution is 2.52. The van der Waals surface area contributed by atoms with Gasteiger partial charge in [-0.3, -0.25) is 9.59 Å². The molecule has 0 saturated carbocycles. The first-order chi connectivity index (χ1) is 14.5. The summed E-state index contributed by atoms with van der Waals surface area (Å²) in [7, 11) is 1.71. The van der Waals surface area contributed by atoms with Gasteiger partial charge in [-0.15, -0.1) is 0 Å². The molecule has 7 nitrogen and oxygen atoms in total. The number of hydrogen-bond donors (Lipinski definition) is 0. The van der Waals surface area contributed by atoms with Gasteiger partial charge in [-0.1, -0.05) is 24.3 Å². The van der Waals surface area contributed by atoms with Crippen molar-refractivity contribution < 1.29 is 18.7 Å². The molecule has 154 valence electrons. The van der Waals surface area contributed by atoms with E-state index in [4.69, 9.17) is 4.74 Å². The largest absolute Gasteiger partial charge is 0.360 e. The summed E-state index contributed by atoms with van der Waals surface area (Å²) in [5.74, 6) is -1.66. The van der Waals surface area contributed by atoms with E-state index in [-0.39, 0.29) is 17.6 Å². The monoisotopic (exact) mass is 408 g/mol. The van der Waals surface area contributed by atoms with Crippen LogP contribution in [0.1, 0.15) is 11.3 Å². The Kier molecular flexibility index (Phi) is 4.39. The molecule has 0 N–H and O–H groups in total. The highest BCUT2D eigenvalue weighted by molar-refractivity contribution is 5.93. The van der Waals surface area contributed by atoms with E-state index < -0.39 is 23.5 Å². The van der Waals surface area contributed by atoms with E-state index in [1.807, 2.05) is 12.2 Å². The lowest BCUT2D eigenvalue weighted by molar-refractivity contribution is -0.142. The zero-order valence-electron chi connectivity index (χ0n) is 16.4. The highest BCUT2D eigenvalue weighted by atomic mass is 19.1. The Morgan fingerprint density at radius 3 is 2.87 bits per heavy atom. The molecule has 5 rings (SSSR count). The zero-order valence-corrected chi connectivity index (χ0v) is 16.4. The maximum absolute atomic E-state index is 13.3. The van der Waals surface area contributed by atoms with Crippen molar-refractivity contribution in [1.82, 2.24) is 19.8 Å². The summed E-state index contributed by atoms with van der Waals surface area (Å²) in [5.41, 5.74) is 0.798. The van der Waals surface area contributed by atoms with Gasteiger partial charge in [-0.25, -0.2) is 14.4 Å². The van der Waals surface area contributed by atoms with Crippen LogP contribution in [0.4, 0.5) is 4.39 Å². The Labute approximate surface area is 173 Å². The molecule has 2 bridgehead atoms. The number of fused-ring (bicyclic) bond motifs is 1. The molecule has 0 radical (unpaired) electrons. The Balaban J connectivity index is 1.35. The summed E-state index contributed by atoms with van der Waals surface area (Å²) in [6.07, 6.45) is 6.50. The Morgan fingerprint density at radius 1 is 1.33 bits per heavy atom. The van der Waals surface area contributed by atoms with E-state index in [2.05, 4.69) is 9.97 Å². The van der Waals surface area contributed by atoms with E-state index in [0.717, 1.165) is 11.3 Å². The van der Waals surface area contributed by atoms with E-state index in [1.54, 1.807) is 41.2 Å². The van der Waals surface area contributed by atoms with Crippen LogP contribution >= 0.6 is 0 Å². The fourth-order valence-corrected chi connectivity index (χ4v) is 4.79. The molecule has 2 fully saturated rings. The number of nitrogens with zero attached hydrogens (tertiary/aromatic N) is 4. The number of aromatic nitrogens is 2. The van der Waals surface area contributed by atoms with Crippen LogP contribution in [0.15, 0.2) is 55.0 Å². The van der Waals surface area contributed by atoms with Crippen molar-refractivity contribution in [3.8, 4) is 0 Å². The van der Waals surface area contributed by atoms with Gasteiger partial charge in [0.2, 0.25) is 11.8 Å². The number of carbonyl (C=O) groups excluding carboxylic acids is 2. The van der Waals surface area contributed by atoms with Crippen LogP contribution in [0, 0.1) is 17.7 Å². The molecule has 3 aliphatic heterocycles. The fourth-order valence-electron chi connectivity index (χ4n) is 4.79. The quantitative estimate of drug-likeness (QED) is 0.702. The molecule has 4 atom stereocenters. The standard InChI is InChI=1S/C22H21FN4O3/c1-26(11-16-7-9-24-13-25-16)20(28)18-17-6-8-22(30-17)12-27(21(29)19(18)22)10-14-2-4-15(23)5-3-14/h2-9,13,17-19H,10-12H2,1H3. The first-order valence-electron chi connectivity index (χ1n) is 9.87. The van der Waals surface area contributed by atoms with Gasteiger partial charge in [0.1, 0.15) is 17.7 Å². The summed E-state index contributed by atoms with van der Waals surface area (Å²) in [6.45, 7) is 1.08. The molecule has 1 aromatic carbocycles. The van der Waals surface area contributed by atoms with Crippen LogP contribution in [-0.4, -0.2) is 56.9 Å². The number of likely N-dealkylation sites (tertiary alicyclic amines) is 1. The molecule has 4 unspecified atom stereocenters. The topological polar surface area (TPSA) is 75.6 Å². The van der Waals surface area contributed by atoms with Crippen LogP contribution in [0.3, 0.4) is 0 Å². The zero-order chi connectivity index (χ0) is 20.9. The second-order valence-corrected chi connectivity index (χ2v) is 8.12. The molecule has 0 aliphatic carbocycles. The molecule has 2 amide bonds. The minimum Gasteiger partial charge on any atom is -0.360 e. The minimum absolute atomic E-state index is 0.0973. The molecule has 3 aliphatic rings. The first-order valence-corrected chi connectivity index (χ1v) is 9.87. The van der Waals surface area contributed by atoms with Gasteiger partial charge in [0.25, 0.3) is 0 Å². The van der Waals surface area contributed by atoms with Gasteiger partial charge in [-0.2, -0.15) is 0 Å². The summed E-state index contributed by atoms with van der Waals surface area (Å²) < 4.78 is 19.4. The lowest BCUT2D eigenvalue weighted by Crippen LogP contribution is -2.44. The third-order valence-electron chi connectivity index (χ3n) is 6.17. The normalized spacial score (nSPS) is 28.8. The molecule has 1 aromatic heterocycles. The third-order valence-corrected chi connectivity index (χ3v) is 6.17. The smallest absolute Gasteiger partial charge is 0.230 e. The number of carbonyl (C=O) groups is 2. The highest BCUT2D eigenvalue weighted by Gasteiger charge is 2.67. The minimum atomic E-state index is -0.766. The molecule has 30 heavy (non-hydrogen) atoms. The van der Waals surface area contributed by atoms with Crippen LogP contribution in [-0.2, 0) is 27.4 Å². The van der Waals surface area contributed by atoms with E-state index in [0.29, 0.717) is 19.6 Å². The molecule has 1 spiro atoms. The number of amides is 2. The van der Waals surface area contributed by atoms with Crippen LogP contribution < -0.4 is 0 Å². The Morgan fingerprint density at radius 2 is 2.13 bits per heavy atom. The van der Waals surface area contributed by atoms with Gasteiger partial charge < -0.3 is 14.5 Å². The lowest BCUT2D eigenvalue weighted by atomic mass is 9.76. The second kappa shape index (κ2) is 6.98. The van der Waals surface area contributed by atoms with Crippen molar-refractivity contribution in [2.24, 2.45) is 11.8 Å². The number of benzene rings is 1. The van der Waals surface area contributed by atoms with Gasteiger partial charge in [0.05, 0.1) is 36.7 Å². The van der Waals surface area contributed by atoms with Crippen LogP contribution in [0.2, 0.25) is 0 Å².